The summed E-state index contributed by atoms with van der Waals surface area (Å²) in [5, 5.41) is 21.6. The van der Waals surface area contributed by atoms with Crippen molar-refractivity contribution >= 4 is 56.1 Å². The Labute approximate surface area is 394 Å². The van der Waals surface area contributed by atoms with Gasteiger partial charge in [-0.2, -0.15) is 9.78 Å². The SMILES string of the molecule is O=C(COc1cccc2c1CN(C1CCC(=O)NC1=O)C2=O)NCCOCCOCCOCCS(=O)(=O)c1ccc(-c2nn(-c3nc4cc(Cl)ccc4[nH]3)c(O)c2CCc2ccc(F)cc2)cc1. The molecule has 21 heteroatoms. The van der Waals surface area contributed by atoms with Crippen LogP contribution in [0.2, 0.25) is 5.02 Å². The van der Waals surface area contributed by atoms with Crippen LogP contribution in [0.25, 0.3) is 28.2 Å². The van der Waals surface area contributed by atoms with E-state index in [0.29, 0.717) is 62.6 Å². The summed E-state index contributed by atoms with van der Waals surface area (Å²) in [6, 6.07) is 21.6. The third-order valence-electron chi connectivity index (χ3n) is 11.4. The van der Waals surface area contributed by atoms with Gasteiger partial charge in [-0.1, -0.05) is 41.9 Å². The lowest BCUT2D eigenvalue weighted by Crippen LogP contribution is -2.52. The van der Waals surface area contributed by atoms with Crippen LogP contribution in [0.5, 0.6) is 11.6 Å². The normalized spacial score (nSPS) is 14.9. The van der Waals surface area contributed by atoms with E-state index in [1.54, 1.807) is 60.7 Å². The number of imide groups is 1. The molecule has 0 bridgehead atoms. The smallest absolute Gasteiger partial charge is 0.258 e. The van der Waals surface area contributed by atoms with Gasteiger partial charge >= 0.3 is 0 Å². The first-order valence-electron chi connectivity index (χ1n) is 21.8. The summed E-state index contributed by atoms with van der Waals surface area (Å²) in [7, 11) is -3.72. The maximum absolute atomic E-state index is 13.6. The molecule has 0 saturated carbocycles. The Morgan fingerprint density at radius 2 is 1.65 bits per heavy atom. The minimum absolute atomic E-state index is 0.0619. The van der Waals surface area contributed by atoms with Gasteiger partial charge in [-0.25, -0.2) is 17.8 Å². The van der Waals surface area contributed by atoms with Gasteiger partial charge in [-0.15, -0.1) is 0 Å². The molecule has 356 valence electrons. The Bertz CT molecular complexity index is 2930. The van der Waals surface area contributed by atoms with Crippen LogP contribution in [-0.4, -0.2) is 126 Å². The molecule has 6 aromatic rings. The molecule has 1 saturated heterocycles. The van der Waals surface area contributed by atoms with Gasteiger partial charge in [0.25, 0.3) is 11.8 Å². The molecule has 0 radical (unpaired) electrons. The number of imidazole rings is 1. The second-order valence-corrected chi connectivity index (χ2v) is 18.5. The van der Waals surface area contributed by atoms with Crippen LogP contribution in [0.15, 0.2) is 89.8 Å². The fourth-order valence-electron chi connectivity index (χ4n) is 7.84. The van der Waals surface area contributed by atoms with Gasteiger partial charge in [0.05, 0.1) is 67.9 Å². The van der Waals surface area contributed by atoms with Crippen molar-refractivity contribution in [2.75, 3.05) is 58.5 Å². The standard InChI is InChI=1S/C47H47ClFN7O11S/c48-31-9-15-37-38(26-31)52-47(51-37)56-46(61)35(14-6-29-4-10-32(49)11-5-29)43(54-56)30-7-12-33(13-8-30)68(62,63)25-24-66-23-22-65-21-20-64-19-18-50-42(58)28-67-40-3-1-2-34-36(40)27-55(45(34)60)39-16-17-41(57)53-44(39)59/h1-5,7-13,15,26,39,61H,6,14,16-25,27-28H2,(H,50,58)(H,51,52)(H,53,57,59). The molecule has 2 aromatic heterocycles. The number of hydrogen-bond acceptors (Lipinski definition) is 13. The van der Waals surface area contributed by atoms with E-state index in [1.807, 2.05) is 0 Å². The first-order chi connectivity index (χ1) is 32.8. The maximum Gasteiger partial charge on any atom is 0.258 e. The molecule has 4 N–H and O–H groups in total. The number of piperidine rings is 1. The molecule has 68 heavy (non-hydrogen) atoms. The highest BCUT2D eigenvalue weighted by Crippen LogP contribution is 2.35. The van der Waals surface area contributed by atoms with Gasteiger partial charge in [0.2, 0.25) is 23.6 Å². The third-order valence-corrected chi connectivity index (χ3v) is 13.3. The average molecular weight is 972 g/mol. The lowest BCUT2D eigenvalue weighted by atomic mass is 10.0. The molecule has 8 rings (SSSR count). The zero-order valence-electron chi connectivity index (χ0n) is 36.5. The second-order valence-electron chi connectivity index (χ2n) is 15.9. The zero-order chi connectivity index (χ0) is 47.8. The number of nitrogens with one attached hydrogen (secondary N) is 3. The molecule has 18 nitrogen and oxygen atoms in total. The van der Waals surface area contributed by atoms with Crippen LogP contribution in [-0.2, 0) is 57.8 Å². The number of aromatic amines is 1. The molecule has 4 amide bonds. The fraction of sp³-hybridized carbons (Fsp3) is 0.319. The summed E-state index contributed by atoms with van der Waals surface area (Å²) in [6.07, 6.45) is 1.19. The summed E-state index contributed by atoms with van der Waals surface area (Å²) in [5.74, 6) is -1.77. The van der Waals surface area contributed by atoms with Crippen molar-refractivity contribution in [1.29, 1.82) is 0 Å². The Morgan fingerprint density at radius 3 is 2.40 bits per heavy atom. The number of rotatable bonds is 22. The van der Waals surface area contributed by atoms with E-state index in [0.717, 1.165) is 5.56 Å². The highest BCUT2D eigenvalue weighted by molar-refractivity contribution is 7.91. The number of carbonyl (C=O) groups is 4. The fourth-order valence-corrected chi connectivity index (χ4v) is 9.13. The summed E-state index contributed by atoms with van der Waals surface area (Å²) in [4.78, 5) is 58.6. The molecule has 2 aliphatic heterocycles. The average Bonchev–Trinajstić information content (AvgIpc) is 4.00. The number of sulfone groups is 1. The van der Waals surface area contributed by atoms with Crippen molar-refractivity contribution in [2.45, 2.75) is 43.2 Å². The van der Waals surface area contributed by atoms with E-state index in [-0.39, 0.29) is 112 Å². The Hall–Kier alpha value is -6.71. The van der Waals surface area contributed by atoms with Gasteiger partial charge in [0, 0.05) is 40.2 Å². The minimum Gasteiger partial charge on any atom is -0.493 e. The number of aromatic nitrogens is 4. The number of H-pyrrole nitrogens is 1. The Balaban J connectivity index is 0.730. The van der Waals surface area contributed by atoms with Crippen molar-refractivity contribution in [3.05, 3.63) is 118 Å². The second kappa shape index (κ2) is 21.5. The Morgan fingerprint density at radius 1 is 0.912 bits per heavy atom. The lowest BCUT2D eigenvalue weighted by molar-refractivity contribution is -0.137. The third kappa shape index (κ3) is 11.3. The van der Waals surface area contributed by atoms with Crippen molar-refractivity contribution in [2.24, 2.45) is 0 Å². The first kappa shape index (κ1) is 47.8. The summed E-state index contributed by atoms with van der Waals surface area (Å²) in [6.45, 7) is 1.04. The summed E-state index contributed by atoms with van der Waals surface area (Å²) in [5.41, 5.74) is 4.55. The van der Waals surface area contributed by atoms with E-state index < -0.39 is 27.7 Å². The molecule has 2 aliphatic rings. The minimum atomic E-state index is -3.72. The summed E-state index contributed by atoms with van der Waals surface area (Å²) >= 11 is 6.16. The van der Waals surface area contributed by atoms with E-state index in [2.05, 4.69) is 20.6 Å². The zero-order valence-corrected chi connectivity index (χ0v) is 38.1. The molecular weight excluding hydrogens is 925 g/mol. The van der Waals surface area contributed by atoms with Gasteiger partial charge in [-0.05, 0) is 79.4 Å². The quantitative estimate of drug-likeness (QED) is 0.0544. The van der Waals surface area contributed by atoms with Crippen molar-refractivity contribution in [3.63, 3.8) is 0 Å². The highest BCUT2D eigenvalue weighted by atomic mass is 35.5. The molecule has 0 aliphatic carbocycles. The lowest BCUT2D eigenvalue weighted by Gasteiger charge is -2.29. The molecule has 1 fully saturated rings. The summed E-state index contributed by atoms with van der Waals surface area (Å²) < 4.78 is 63.6. The molecular formula is C47H47ClFN7O11S. The number of ether oxygens (including phenoxy) is 4. The van der Waals surface area contributed by atoms with Crippen LogP contribution < -0.4 is 15.4 Å². The largest absolute Gasteiger partial charge is 0.493 e. The van der Waals surface area contributed by atoms with Gasteiger partial charge in [0.15, 0.2) is 16.4 Å². The number of aryl methyl sites for hydroxylation is 1. The van der Waals surface area contributed by atoms with Gasteiger partial charge < -0.3 is 39.3 Å². The van der Waals surface area contributed by atoms with E-state index in [9.17, 15) is 37.1 Å². The predicted molar refractivity (Wildman–Crippen MR) is 245 cm³/mol. The van der Waals surface area contributed by atoms with E-state index in [1.165, 1.54) is 33.8 Å². The first-order valence-corrected chi connectivity index (χ1v) is 23.8. The monoisotopic (exact) mass is 971 g/mol. The Kier molecular flexibility index (Phi) is 15.1. The van der Waals surface area contributed by atoms with Crippen LogP contribution in [0.1, 0.15) is 39.9 Å². The molecule has 1 unspecified atom stereocenters. The van der Waals surface area contributed by atoms with Crippen LogP contribution in [0.4, 0.5) is 4.39 Å². The van der Waals surface area contributed by atoms with Crippen LogP contribution in [0, 0.1) is 5.82 Å². The number of benzene rings is 4. The molecule has 0 spiro atoms. The van der Waals surface area contributed by atoms with Crippen LogP contribution in [0.3, 0.4) is 0 Å². The number of fused-ring (bicyclic) bond motifs is 2. The number of hydrogen-bond donors (Lipinski definition) is 4. The van der Waals surface area contributed by atoms with Crippen molar-refractivity contribution in [3.8, 4) is 28.8 Å². The topological polar surface area (TPSA) is 233 Å². The van der Waals surface area contributed by atoms with E-state index >= 15 is 0 Å². The maximum atomic E-state index is 13.6. The van der Waals surface area contributed by atoms with Crippen LogP contribution >= 0.6 is 11.6 Å². The molecule has 4 heterocycles. The number of amides is 4. The van der Waals surface area contributed by atoms with Crippen molar-refractivity contribution in [1.82, 2.24) is 35.3 Å². The van der Waals surface area contributed by atoms with Gasteiger partial charge in [0.1, 0.15) is 23.3 Å². The molecule has 1 atom stereocenters. The molecule has 4 aromatic carbocycles. The number of carbonyl (C=O) groups excluding carboxylic acids is 4. The number of aromatic hydroxyl groups is 1. The van der Waals surface area contributed by atoms with Gasteiger partial charge in [-0.3, -0.25) is 24.5 Å². The van der Waals surface area contributed by atoms with E-state index in [4.69, 9.17) is 35.6 Å². The number of halogens is 2. The number of nitrogens with zero attached hydrogens (tertiary/aromatic N) is 4. The highest BCUT2D eigenvalue weighted by Gasteiger charge is 2.40. The van der Waals surface area contributed by atoms with Crippen molar-refractivity contribution < 1.29 is 56.0 Å². The predicted octanol–water partition coefficient (Wildman–Crippen LogP) is 4.48.